The Bertz CT molecular complexity index is 708. The number of hydrogen-bond acceptors (Lipinski definition) is 8. The molecule has 0 radical (unpaired) electrons. The smallest absolute Gasteiger partial charge is 0.314 e. The van der Waals surface area contributed by atoms with Crippen molar-refractivity contribution in [3.05, 3.63) is 6.33 Å². The van der Waals surface area contributed by atoms with E-state index in [0.717, 1.165) is 52.0 Å². The van der Waals surface area contributed by atoms with Crippen LogP contribution in [0.2, 0.25) is 0 Å². The van der Waals surface area contributed by atoms with Crippen LogP contribution in [-0.2, 0) is 25.6 Å². The molecule has 1 aliphatic carbocycles. The van der Waals surface area contributed by atoms with Crippen LogP contribution < -0.4 is 0 Å². The molecule has 10 nitrogen and oxygen atoms in total. The maximum atomic E-state index is 13.1. The molecule has 1 aromatic heterocycles. The second kappa shape index (κ2) is 8.74. The van der Waals surface area contributed by atoms with Gasteiger partial charge in [0.1, 0.15) is 6.54 Å². The van der Waals surface area contributed by atoms with Crippen molar-refractivity contribution in [2.45, 2.75) is 45.2 Å². The summed E-state index contributed by atoms with van der Waals surface area (Å²) in [7, 11) is 0. The van der Waals surface area contributed by atoms with Gasteiger partial charge >= 0.3 is 5.97 Å². The molecule has 3 fully saturated rings. The van der Waals surface area contributed by atoms with Gasteiger partial charge in [0.05, 0.1) is 25.2 Å². The summed E-state index contributed by atoms with van der Waals surface area (Å²) in [5.41, 5.74) is -0.609. The van der Waals surface area contributed by atoms with E-state index in [1.807, 2.05) is 6.92 Å². The number of rotatable bonds is 5. The van der Waals surface area contributed by atoms with E-state index < -0.39 is 5.41 Å². The molecule has 0 bridgehead atoms. The Hall–Kier alpha value is -2.07. The molecule has 0 N–H and O–H groups in total. The molecule has 0 unspecified atom stereocenters. The number of ether oxygens (including phenoxy) is 2. The monoisotopic (exact) mass is 406 g/mol. The van der Waals surface area contributed by atoms with Crippen molar-refractivity contribution in [2.75, 3.05) is 46.0 Å². The number of piperidine rings is 1. The predicted molar refractivity (Wildman–Crippen MR) is 102 cm³/mol. The topological polar surface area (TPSA) is 103 Å². The molecule has 3 aliphatic rings. The Balaban J connectivity index is 1.48. The quantitative estimate of drug-likeness (QED) is 0.628. The minimum Gasteiger partial charge on any atom is -0.466 e. The van der Waals surface area contributed by atoms with Crippen LogP contribution in [-0.4, -0.2) is 93.9 Å². The minimum absolute atomic E-state index is 0.0416. The number of hydrogen-bond donors (Lipinski definition) is 0. The van der Waals surface area contributed by atoms with Crippen LogP contribution in [0.3, 0.4) is 0 Å². The highest BCUT2D eigenvalue weighted by Crippen LogP contribution is 2.48. The molecule has 29 heavy (non-hydrogen) atoms. The molecule has 4 rings (SSSR count). The summed E-state index contributed by atoms with van der Waals surface area (Å²) in [4.78, 5) is 31.5. The Kier molecular flexibility index (Phi) is 6.09. The van der Waals surface area contributed by atoms with Crippen LogP contribution in [0, 0.1) is 11.3 Å². The van der Waals surface area contributed by atoms with Gasteiger partial charge in [-0.1, -0.05) is 0 Å². The van der Waals surface area contributed by atoms with Crippen molar-refractivity contribution in [3.63, 3.8) is 0 Å². The predicted octanol–water partition coefficient (Wildman–Crippen LogP) is -0.0442. The van der Waals surface area contributed by atoms with E-state index in [9.17, 15) is 9.59 Å². The standard InChI is InChI=1S/C19H30N6O4/c1-2-29-18(27)19-5-3-16(23-7-9-28-10-8-23)11-15(19)4-6-24(13-19)17(26)12-25-21-14-20-22-25/h14-16H,2-13H2,1H3/t15-,16+,19-/m1/s1. The number of morpholine rings is 1. The van der Waals surface area contributed by atoms with E-state index in [1.165, 1.54) is 11.1 Å². The first-order valence-corrected chi connectivity index (χ1v) is 10.6. The number of amides is 1. The molecular formula is C19H30N6O4. The van der Waals surface area contributed by atoms with Crippen molar-refractivity contribution < 1.29 is 19.1 Å². The zero-order chi connectivity index (χ0) is 20.3. The summed E-state index contributed by atoms with van der Waals surface area (Å²) in [5, 5.41) is 11.3. The van der Waals surface area contributed by atoms with Gasteiger partial charge in [0.15, 0.2) is 6.33 Å². The minimum atomic E-state index is -0.609. The molecule has 0 aromatic carbocycles. The van der Waals surface area contributed by atoms with Crippen LogP contribution in [0.1, 0.15) is 32.6 Å². The Morgan fingerprint density at radius 2 is 2.07 bits per heavy atom. The van der Waals surface area contributed by atoms with Crippen LogP contribution in [0.4, 0.5) is 0 Å². The first-order valence-electron chi connectivity index (χ1n) is 10.6. The lowest BCUT2D eigenvalue weighted by Crippen LogP contribution is -2.60. The van der Waals surface area contributed by atoms with E-state index in [1.54, 1.807) is 4.90 Å². The van der Waals surface area contributed by atoms with Crippen molar-refractivity contribution in [3.8, 4) is 0 Å². The van der Waals surface area contributed by atoms with Gasteiger partial charge in [-0.2, -0.15) is 4.80 Å². The van der Waals surface area contributed by atoms with Gasteiger partial charge in [-0.15, -0.1) is 10.2 Å². The van der Waals surface area contributed by atoms with Crippen molar-refractivity contribution in [1.82, 2.24) is 30.0 Å². The SMILES string of the molecule is CCOC(=O)[C@@]12CC[C@H](N3CCOCC3)C[C@H]1CCN(C(=O)Cn1ncnn1)C2. The third kappa shape index (κ3) is 4.13. The largest absolute Gasteiger partial charge is 0.466 e. The molecule has 3 heterocycles. The van der Waals surface area contributed by atoms with Gasteiger partial charge in [-0.3, -0.25) is 14.5 Å². The van der Waals surface area contributed by atoms with E-state index in [4.69, 9.17) is 9.47 Å². The van der Waals surface area contributed by atoms with E-state index >= 15 is 0 Å². The van der Waals surface area contributed by atoms with Crippen molar-refractivity contribution >= 4 is 11.9 Å². The number of carbonyl (C=O) groups excluding carboxylic acids is 2. The van der Waals surface area contributed by atoms with E-state index in [-0.39, 0.29) is 24.3 Å². The summed E-state index contributed by atoms with van der Waals surface area (Å²) in [6.07, 6.45) is 4.81. The highest BCUT2D eigenvalue weighted by Gasteiger charge is 2.54. The first kappa shape index (κ1) is 20.2. The summed E-state index contributed by atoms with van der Waals surface area (Å²) in [5.74, 6) is -0.000996. The molecule has 1 saturated carbocycles. The lowest BCUT2D eigenvalue weighted by Gasteiger charge is -2.52. The summed E-state index contributed by atoms with van der Waals surface area (Å²) in [6, 6.07) is 0.480. The molecular weight excluding hydrogens is 376 g/mol. The van der Waals surface area contributed by atoms with E-state index in [0.29, 0.717) is 25.7 Å². The molecule has 2 aliphatic heterocycles. The zero-order valence-corrected chi connectivity index (χ0v) is 17.0. The number of fused-ring (bicyclic) bond motifs is 1. The highest BCUT2D eigenvalue weighted by atomic mass is 16.5. The number of tetrazole rings is 1. The maximum Gasteiger partial charge on any atom is 0.314 e. The highest BCUT2D eigenvalue weighted by molar-refractivity contribution is 5.81. The Labute approximate surface area is 170 Å². The summed E-state index contributed by atoms with van der Waals surface area (Å²) >= 11 is 0. The van der Waals surface area contributed by atoms with Gasteiger partial charge < -0.3 is 14.4 Å². The van der Waals surface area contributed by atoms with E-state index in [2.05, 4.69) is 20.3 Å². The molecule has 0 spiro atoms. The normalized spacial score (nSPS) is 30.6. The lowest BCUT2D eigenvalue weighted by atomic mass is 9.61. The maximum absolute atomic E-state index is 13.1. The molecule has 10 heteroatoms. The number of aromatic nitrogens is 4. The second-order valence-electron chi connectivity index (χ2n) is 8.22. The number of nitrogens with zero attached hydrogens (tertiary/aromatic N) is 6. The third-order valence-electron chi connectivity index (χ3n) is 6.75. The third-order valence-corrected chi connectivity index (χ3v) is 6.75. The van der Waals surface area contributed by atoms with Gasteiger partial charge in [0, 0.05) is 32.2 Å². The van der Waals surface area contributed by atoms with Crippen LogP contribution in [0.25, 0.3) is 0 Å². The number of likely N-dealkylation sites (tertiary alicyclic amines) is 1. The van der Waals surface area contributed by atoms with Crippen LogP contribution >= 0.6 is 0 Å². The Morgan fingerprint density at radius 1 is 1.24 bits per heavy atom. The van der Waals surface area contributed by atoms with Gasteiger partial charge in [0.2, 0.25) is 5.91 Å². The van der Waals surface area contributed by atoms with Gasteiger partial charge in [0.25, 0.3) is 0 Å². The van der Waals surface area contributed by atoms with Crippen molar-refractivity contribution in [1.29, 1.82) is 0 Å². The molecule has 160 valence electrons. The number of carbonyl (C=O) groups is 2. The molecule has 1 aromatic rings. The average Bonchev–Trinajstić information content (AvgIpc) is 3.26. The van der Waals surface area contributed by atoms with Crippen LogP contribution in [0.15, 0.2) is 6.33 Å². The lowest BCUT2D eigenvalue weighted by molar-refractivity contribution is -0.171. The zero-order valence-electron chi connectivity index (χ0n) is 17.0. The van der Waals surface area contributed by atoms with Gasteiger partial charge in [-0.25, -0.2) is 0 Å². The first-order chi connectivity index (χ1) is 14.1. The summed E-state index contributed by atoms with van der Waals surface area (Å²) < 4.78 is 11.0. The average molecular weight is 406 g/mol. The van der Waals surface area contributed by atoms with Gasteiger partial charge in [-0.05, 0) is 43.7 Å². The fourth-order valence-corrected chi connectivity index (χ4v) is 5.21. The Morgan fingerprint density at radius 3 is 2.79 bits per heavy atom. The molecule has 2 saturated heterocycles. The molecule has 3 atom stereocenters. The fraction of sp³-hybridized carbons (Fsp3) is 0.842. The summed E-state index contributed by atoms with van der Waals surface area (Å²) in [6.45, 7) is 6.78. The second-order valence-corrected chi connectivity index (χ2v) is 8.22. The van der Waals surface area contributed by atoms with Crippen LogP contribution in [0.5, 0.6) is 0 Å². The molecule has 1 amide bonds. The number of esters is 1. The fourth-order valence-electron chi connectivity index (χ4n) is 5.21. The van der Waals surface area contributed by atoms with Crippen molar-refractivity contribution in [2.24, 2.45) is 11.3 Å².